The largest absolute Gasteiger partial charge is 0.459 e. The number of esters is 3. The molecule has 1 rings (SSSR count). The molecule has 0 saturated carbocycles. The molecule has 17 heteroatoms. The molecule has 1 saturated heterocycles. The second kappa shape index (κ2) is 29.3. The van der Waals surface area contributed by atoms with Gasteiger partial charge in [-0.3, -0.25) is 38.8 Å². The molecule has 0 radical (unpaired) electrons. The first-order valence-electron chi connectivity index (χ1n) is 20.4. The van der Waals surface area contributed by atoms with E-state index in [4.69, 9.17) is 44.3 Å². The van der Waals surface area contributed by atoms with E-state index in [1.807, 2.05) is 81.9 Å². The van der Waals surface area contributed by atoms with Gasteiger partial charge in [-0.15, -0.1) is 6.42 Å². The second-order valence-electron chi connectivity index (χ2n) is 16.9. The maximum absolute atomic E-state index is 13.1. The maximum Gasteiger partial charge on any atom is 0.320 e. The Morgan fingerprint density at radius 1 is 0.466 bits per heavy atom. The summed E-state index contributed by atoms with van der Waals surface area (Å²) in [6, 6.07) is 0. The van der Waals surface area contributed by atoms with Gasteiger partial charge in [-0.05, 0) is 62.3 Å². The number of amides is 1. The molecule has 0 aromatic carbocycles. The van der Waals surface area contributed by atoms with Crippen LogP contribution in [-0.4, -0.2) is 211 Å². The number of terminal acetylenes is 1. The first-order chi connectivity index (χ1) is 27.2. The van der Waals surface area contributed by atoms with Crippen LogP contribution in [0.15, 0.2) is 0 Å². The Labute approximate surface area is 347 Å². The van der Waals surface area contributed by atoms with E-state index in [-0.39, 0.29) is 56.6 Å². The predicted octanol–water partition coefficient (Wildman–Crippen LogP) is 1.07. The summed E-state index contributed by atoms with van der Waals surface area (Å²) in [5, 5.41) is 2.92. The zero-order valence-electron chi connectivity index (χ0n) is 37.0. The standard InChI is InChI=1S/C41H75N5O12/c1-11-21-51-23-25-53-27-29-55-30-28-54-26-24-52-22-12-42-35(47)31-43-13-15-44(32-36(48)56-39(2,3)4)17-19-46(34-38(50)58-41(8,9)10)20-18-45(16-14-43)33-37(49)57-40(5,6)7/h1H,12-34H2,2-10H3,(H,42,47). The maximum atomic E-state index is 13.1. The lowest BCUT2D eigenvalue weighted by molar-refractivity contribution is -0.158. The van der Waals surface area contributed by atoms with Gasteiger partial charge in [0.15, 0.2) is 0 Å². The third kappa shape index (κ3) is 32.0. The van der Waals surface area contributed by atoms with Crippen molar-refractivity contribution in [3.8, 4) is 12.3 Å². The van der Waals surface area contributed by atoms with E-state index in [1.54, 1.807) is 0 Å². The van der Waals surface area contributed by atoms with E-state index in [0.717, 1.165) is 0 Å². The van der Waals surface area contributed by atoms with Crippen molar-refractivity contribution in [1.82, 2.24) is 24.9 Å². The molecule has 17 nitrogen and oxygen atoms in total. The van der Waals surface area contributed by atoms with Crippen molar-refractivity contribution in [2.45, 2.75) is 79.1 Å². The summed E-state index contributed by atoms with van der Waals surface area (Å²) in [6.45, 7) is 24.8. The van der Waals surface area contributed by atoms with Crippen LogP contribution >= 0.6 is 0 Å². The topological polar surface area (TPSA) is 167 Å². The van der Waals surface area contributed by atoms with E-state index in [0.29, 0.717) is 118 Å². The third-order valence-electron chi connectivity index (χ3n) is 7.86. The van der Waals surface area contributed by atoms with Gasteiger partial charge in [-0.25, -0.2) is 0 Å². The van der Waals surface area contributed by atoms with Crippen molar-refractivity contribution in [3.63, 3.8) is 0 Å². The van der Waals surface area contributed by atoms with Gasteiger partial charge in [0.1, 0.15) is 23.4 Å². The molecule has 1 amide bonds. The lowest BCUT2D eigenvalue weighted by atomic mass is 10.2. The van der Waals surface area contributed by atoms with E-state index < -0.39 is 16.8 Å². The smallest absolute Gasteiger partial charge is 0.320 e. The minimum absolute atomic E-state index is 0.0518. The Hall–Kier alpha value is -2.92. The molecule has 1 fully saturated rings. The fourth-order valence-corrected chi connectivity index (χ4v) is 5.41. The summed E-state index contributed by atoms with van der Waals surface area (Å²) in [7, 11) is 0. The van der Waals surface area contributed by atoms with Crippen LogP contribution in [-0.2, 0) is 57.1 Å². The van der Waals surface area contributed by atoms with Gasteiger partial charge in [-0.1, -0.05) is 5.92 Å². The molecule has 0 aromatic rings. The number of carbonyl (C=O) groups is 4. The molecule has 1 aliphatic rings. The number of hydrogen-bond acceptors (Lipinski definition) is 16. The van der Waals surface area contributed by atoms with Gasteiger partial charge in [0, 0.05) is 58.9 Å². The molecule has 0 atom stereocenters. The molecular weight excluding hydrogens is 754 g/mol. The monoisotopic (exact) mass is 830 g/mol. The Morgan fingerprint density at radius 2 is 0.741 bits per heavy atom. The number of ether oxygens (including phenoxy) is 8. The predicted molar refractivity (Wildman–Crippen MR) is 219 cm³/mol. The average molecular weight is 830 g/mol. The van der Waals surface area contributed by atoms with Gasteiger partial charge in [0.25, 0.3) is 0 Å². The van der Waals surface area contributed by atoms with Crippen LogP contribution in [0.2, 0.25) is 0 Å². The van der Waals surface area contributed by atoms with Gasteiger partial charge < -0.3 is 43.2 Å². The van der Waals surface area contributed by atoms with Crippen molar-refractivity contribution in [1.29, 1.82) is 0 Å². The van der Waals surface area contributed by atoms with Crippen molar-refractivity contribution in [2.75, 3.05) is 151 Å². The zero-order valence-corrected chi connectivity index (χ0v) is 37.0. The van der Waals surface area contributed by atoms with Gasteiger partial charge in [0.05, 0.1) is 85.6 Å². The van der Waals surface area contributed by atoms with Gasteiger partial charge in [-0.2, -0.15) is 0 Å². The highest BCUT2D eigenvalue weighted by Gasteiger charge is 2.26. The molecule has 58 heavy (non-hydrogen) atoms. The zero-order chi connectivity index (χ0) is 43.5. The molecule has 0 bridgehead atoms. The van der Waals surface area contributed by atoms with Gasteiger partial charge in [0.2, 0.25) is 5.91 Å². The summed E-state index contributed by atoms with van der Waals surface area (Å²) in [4.78, 5) is 59.9. The van der Waals surface area contributed by atoms with E-state index in [2.05, 4.69) is 11.2 Å². The Bertz CT molecular complexity index is 1170. The Balaban J connectivity index is 2.76. The summed E-state index contributed by atoms with van der Waals surface area (Å²) in [5.41, 5.74) is -1.92. The molecule has 0 aliphatic carbocycles. The van der Waals surface area contributed by atoms with Crippen LogP contribution in [0.1, 0.15) is 62.3 Å². The van der Waals surface area contributed by atoms with E-state index >= 15 is 0 Å². The highest BCUT2D eigenvalue weighted by atomic mass is 16.6. The molecule has 1 N–H and O–H groups in total. The van der Waals surface area contributed by atoms with Crippen LogP contribution in [0, 0.1) is 12.3 Å². The SMILES string of the molecule is C#CCOCCOCCOCCOCCOCCNC(=O)CN1CCN(CC(=O)OC(C)(C)C)CCN(CC(=O)OC(C)(C)C)CCN(CC(=O)OC(C)(C)C)CC1. The first-order valence-corrected chi connectivity index (χ1v) is 20.4. The van der Waals surface area contributed by atoms with Crippen LogP contribution in [0.3, 0.4) is 0 Å². The molecule has 0 aromatic heterocycles. The summed E-state index contributed by atoms with van der Waals surface area (Å²) in [5.74, 6) is 1.16. The number of rotatable bonds is 24. The van der Waals surface area contributed by atoms with Crippen molar-refractivity contribution >= 4 is 23.8 Å². The van der Waals surface area contributed by atoms with Crippen molar-refractivity contribution in [2.24, 2.45) is 0 Å². The van der Waals surface area contributed by atoms with Crippen LogP contribution in [0.5, 0.6) is 0 Å². The lowest BCUT2D eigenvalue weighted by Gasteiger charge is -2.34. The number of carbonyl (C=O) groups excluding carboxylic acids is 4. The van der Waals surface area contributed by atoms with E-state index in [1.165, 1.54) is 0 Å². The fourth-order valence-electron chi connectivity index (χ4n) is 5.41. The van der Waals surface area contributed by atoms with Crippen molar-refractivity contribution < 1.29 is 57.1 Å². The number of nitrogens with one attached hydrogen (secondary N) is 1. The summed E-state index contributed by atoms with van der Waals surface area (Å²) in [6.07, 6.45) is 5.11. The highest BCUT2D eigenvalue weighted by molar-refractivity contribution is 5.78. The number of nitrogens with zero attached hydrogens (tertiary/aromatic N) is 4. The first kappa shape index (κ1) is 53.1. The van der Waals surface area contributed by atoms with Gasteiger partial charge >= 0.3 is 17.9 Å². The average Bonchev–Trinajstić information content (AvgIpc) is 3.08. The molecule has 1 heterocycles. The van der Waals surface area contributed by atoms with Crippen molar-refractivity contribution in [3.05, 3.63) is 0 Å². The highest BCUT2D eigenvalue weighted by Crippen LogP contribution is 2.11. The molecule has 0 unspecified atom stereocenters. The molecule has 1 aliphatic heterocycles. The summed E-state index contributed by atoms with van der Waals surface area (Å²) < 4.78 is 44.0. The Morgan fingerprint density at radius 3 is 1.03 bits per heavy atom. The Kier molecular flexibility index (Phi) is 26.8. The molecule has 0 spiro atoms. The van der Waals surface area contributed by atoms with Crippen LogP contribution < -0.4 is 5.32 Å². The summed E-state index contributed by atoms with van der Waals surface area (Å²) >= 11 is 0. The normalized spacial score (nSPS) is 16.1. The quantitative estimate of drug-likeness (QED) is 0.0635. The van der Waals surface area contributed by atoms with E-state index in [9.17, 15) is 19.2 Å². The molecular formula is C41H75N5O12. The second-order valence-corrected chi connectivity index (χ2v) is 16.9. The minimum atomic E-state index is -0.643. The fraction of sp³-hybridized carbons (Fsp3) is 0.854. The van der Waals surface area contributed by atoms with Crippen LogP contribution in [0.4, 0.5) is 0 Å². The van der Waals surface area contributed by atoms with Crippen LogP contribution in [0.25, 0.3) is 0 Å². The third-order valence-corrected chi connectivity index (χ3v) is 7.86. The molecule has 336 valence electrons. The minimum Gasteiger partial charge on any atom is -0.459 e. The lowest BCUT2D eigenvalue weighted by Crippen LogP contribution is -2.50. The number of hydrogen-bond donors (Lipinski definition) is 1.